The van der Waals surface area contributed by atoms with Gasteiger partial charge < -0.3 is 0 Å². The predicted molar refractivity (Wildman–Crippen MR) is 86.5 cm³/mol. The Kier molecular flexibility index (Phi) is 4.50. The summed E-state index contributed by atoms with van der Waals surface area (Å²) in [5, 5.41) is 12.3. The van der Waals surface area contributed by atoms with E-state index >= 15 is 0 Å². The molecule has 1 aromatic rings. The van der Waals surface area contributed by atoms with Crippen LogP contribution in [-0.2, 0) is 12.1 Å². The van der Waals surface area contributed by atoms with Crippen molar-refractivity contribution < 1.29 is 0 Å². The molecular formula is C16H30N6. The van der Waals surface area contributed by atoms with Crippen LogP contribution in [-0.4, -0.2) is 62.2 Å². The molecule has 0 radical (unpaired) electrons. The second-order valence-electron chi connectivity index (χ2n) is 8.10. The maximum Gasteiger partial charge on any atom is 0.165 e. The first-order valence-corrected chi connectivity index (χ1v) is 8.67. The fraction of sp³-hybridized carbons (Fsp3) is 0.938. The second kappa shape index (κ2) is 6.24. The minimum atomic E-state index is -0.0612. The minimum Gasteiger partial charge on any atom is -0.299 e. The number of hydrogen-bond acceptors (Lipinski definition) is 5. The number of hydrogen-bond donors (Lipinski definition) is 0. The third kappa shape index (κ3) is 3.49. The number of rotatable bonds is 3. The van der Waals surface area contributed by atoms with Gasteiger partial charge in [0.25, 0.3) is 0 Å². The van der Waals surface area contributed by atoms with E-state index < -0.39 is 0 Å². The van der Waals surface area contributed by atoms with E-state index in [2.05, 4.69) is 53.0 Å². The highest BCUT2D eigenvalue weighted by Gasteiger charge is 2.30. The summed E-state index contributed by atoms with van der Waals surface area (Å²) in [7, 11) is 0. The van der Waals surface area contributed by atoms with Crippen molar-refractivity contribution in [3.63, 3.8) is 0 Å². The zero-order valence-electron chi connectivity index (χ0n) is 14.5. The van der Waals surface area contributed by atoms with E-state index in [0.717, 1.165) is 31.5 Å². The molecule has 124 valence electrons. The summed E-state index contributed by atoms with van der Waals surface area (Å²) in [4.78, 5) is 5.23. The molecule has 6 heteroatoms. The van der Waals surface area contributed by atoms with Gasteiger partial charge in [-0.15, -0.1) is 5.10 Å². The van der Waals surface area contributed by atoms with Crippen molar-refractivity contribution in [3.8, 4) is 0 Å². The van der Waals surface area contributed by atoms with E-state index in [1.165, 1.54) is 32.4 Å². The molecule has 22 heavy (non-hydrogen) atoms. The lowest BCUT2D eigenvalue weighted by Crippen LogP contribution is -2.43. The van der Waals surface area contributed by atoms with E-state index in [1.54, 1.807) is 0 Å². The van der Waals surface area contributed by atoms with Gasteiger partial charge in [0.05, 0.1) is 12.1 Å². The van der Waals surface area contributed by atoms with Crippen LogP contribution in [0, 0.1) is 5.92 Å². The molecule has 0 N–H and O–H groups in total. The number of tetrazole rings is 1. The Bertz CT molecular complexity index is 487. The van der Waals surface area contributed by atoms with E-state index in [0.29, 0.717) is 5.92 Å². The summed E-state index contributed by atoms with van der Waals surface area (Å²) in [6.07, 6.45) is 4.21. The molecular weight excluding hydrogens is 276 g/mol. The lowest BCUT2D eigenvalue weighted by atomic mass is 9.91. The minimum absolute atomic E-state index is 0.0612. The maximum atomic E-state index is 4.26. The summed E-state index contributed by atoms with van der Waals surface area (Å²) in [6, 6.07) is 0.849. The zero-order valence-corrected chi connectivity index (χ0v) is 14.5. The monoisotopic (exact) mass is 306 g/mol. The zero-order chi connectivity index (χ0) is 15.7. The molecule has 1 atom stereocenters. The molecule has 1 aromatic heterocycles. The molecule has 3 rings (SSSR count). The van der Waals surface area contributed by atoms with Crippen LogP contribution in [0.2, 0.25) is 0 Å². The van der Waals surface area contributed by atoms with E-state index in [4.69, 9.17) is 0 Å². The fourth-order valence-corrected chi connectivity index (χ4v) is 3.60. The highest BCUT2D eigenvalue weighted by atomic mass is 15.6. The van der Waals surface area contributed by atoms with Crippen LogP contribution in [0.3, 0.4) is 0 Å². The van der Waals surface area contributed by atoms with Gasteiger partial charge in [-0.3, -0.25) is 9.80 Å². The molecule has 0 bridgehead atoms. The van der Waals surface area contributed by atoms with Gasteiger partial charge in [-0.25, -0.2) is 4.68 Å². The van der Waals surface area contributed by atoms with Crippen molar-refractivity contribution in [3.05, 3.63) is 5.82 Å². The predicted octanol–water partition coefficient (Wildman–Crippen LogP) is 1.73. The van der Waals surface area contributed by atoms with Gasteiger partial charge in [0.2, 0.25) is 0 Å². The van der Waals surface area contributed by atoms with Crippen LogP contribution in [0.4, 0.5) is 0 Å². The molecule has 1 saturated carbocycles. The topological polar surface area (TPSA) is 50.1 Å². The lowest BCUT2D eigenvalue weighted by molar-refractivity contribution is 0.122. The molecule has 1 aliphatic carbocycles. The van der Waals surface area contributed by atoms with Gasteiger partial charge in [0.1, 0.15) is 0 Å². The average molecular weight is 306 g/mol. The summed E-state index contributed by atoms with van der Waals surface area (Å²) < 4.78 is 1.96. The Morgan fingerprint density at radius 1 is 1.14 bits per heavy atom. The SMILES string of the molecule is C[C@H]1CN(Cc2nnnn2C(C)(C)C)CCN(C2CCC2)C1. The van der Waals surface area contributed by atoms with Crippen LogP contribution < -0.4 is 0 Å². The Balaban J connectivity index is 1.64. The van der Waals surface area contributed by atoms with Gasteiger partial charge in [-0.05, 0) is 50.0 Å². The van der Waals surface area contributed by atoms with Crippen molar-refractivity contribution in [1.82, 2.24) is 30.0 Å². The molecule has 1 aliphatic heterocycles. The van der Waals surface area contributed by atoms with Crippen LogP contribution >= 0.6 is 0 Å². The van der Waals surface area contributed by atoms with Crippen molar-refractivity contribution in [2.24, 2.45) is 5.92 Å². The van der Waals surface area contributed by atoms with Gasteiger partial charge in [-0.2, -0.15) is 0 Å². The van der Waals surface area contributed by atoms with Gasteiger partial charge >= 0.3 is 0 Å². The Morgan fingerprint density at radius 3 is 2.55 bits per heavy atom. The molecule has 2 aliphatic rings. The molecule has 0 unspecified atom stereocenters. The normalized spacial score (nSPS) is 25.9. The van der Waals surface area contributed by atoms with Gasteiger partial charge in [-0.1, -0.05) is 13.3 Å². The third-order valence-corrected chi connectivity index (χ3v) is 4.95. The Hall–Kier alpha value is -1.01. The first-order valence-electron chi connectivity index (χ1n) is 8.67. The highest BCUT2D eigenvalue weighted by molar-refractivity contribution is 4.90. The second-order valence-corrected chi connectivity index (χ2v) is 8.10. The first kappa shape index (κ1) is 15.9. The largest absolute Gasteiger partial charge is 0.299 e. The number of aromatic nitrogens is 4. The number of nitrogens with zero attached hydrogens (tertiary/aromatic N) is 6. The van der Waals surface area contributed by atoms with E-state index in [9.17, 15) is 0 Å². The standard InChI is InChI=1S/C16H30N6/c1-13-10-20(8-9-21(11-13)14-6-5-7-14)12-15-17-18-19-22(15)16(2,3)4/h13-14H,5-12H2,1-4H3/t13-/m0/s1. The van der Waals surface area contributed by atoms with Crippen molar-refractivity contribution >= 4 is 0 Å². The molecule has 1 saturated heterocycles. The van der Waals surface area contributed by atoms with Gasteiger partial charge in [0, 0.05) is 32.2 Å². The smallest absolute Gasteiger partial charge is 0.165 e. The Morgan fingerprint density at radius 2 is 1.91 bits per heavy atom. The average Bonchev–Trinajstić information content (AvgIpc) is 2.74. The lowest BCUT2D eigenvalue weighted by Gasteiger charge is -2.37. The molecule has 0 aromatic carbocycles. The fourth-order valence-electron chi connectivity index (χ4n) is 3.60. The third-order valence-electron chi connectivity index (χ3n) is 4.95. The van der Waals surface area contributed by atoms with Crippen molar-refractivity contribution in [1.29, 1.82) is 0 Å². The molecule has 2 fully saturated rings. The van der Waals surface area contributed by atoms with Crippen LogP contribution in [0.15, 0.2) is 0 Å². The summed E-state index contributed by atoms with van der Waals surface area (Å²) in [5.41, 5.74) is -0.0612. The first-order chi connectivity index (χ1) is 10.4. The molecule has 0 amide bonds. The summed E-state index contributed by atoms with van der Waals surface area (Å²) in [6.45, 7) is 14.4. The Labute approximate surface area is 133 Å². The molecule has 2 heterocycles. The van der Waals surface area contributed by atoms with Crippen LogP contribution in [0.1, 0.15) is 52.8 Å². The summed E-state index contributed by atoms with van der Waals surface area (Å²) in [5.74, 6) is 1.69. The van der Waals surface area contributed by atoms with E-state index in [-0.39, 0.29) is 5.54 Å². The van der Waals surface area contributed by atoms with Crippen molar-refractivity contribution in [2.45, 2.75) is 65.1 Å². The summed E-state index contributed by atoms with van der Waals surface area (Å²) >= 11 is 0. The van der Waals surface area contributed by atoms with Crippen molar-refractivity contribution in [2.75, 3.05) is 26.2 Å². The quantitative estimate of drug-likeness (QED) is 0.851. The maximum absolute atomic E-state index is 4.26. The molecule has 0 spiro atoms. The van der Waals surface area contributed by atoms with Gasteiger partial charge in [0.15, 0.2) is 5.82 Å². The molecule has 6 nitrogen and oxygen atoms in total. The van der Waals surface area contributed by atoms with E-state index in [1.807, 2.05) is 4.68 Å². The van der Waals surface area contributed by atoms with Crippen LogP contribution in [0.25, 0.3) is 0 Å². The highest BCUT2D eigenvalue weighted by Crippen LogP contribution is 2.27. The van der Waals surface area contributed by atoms with Crippen LogP contribution in [0.5, 0.6) is 0 Å².